The molecule has 0 radical (unpaired) electrons. The minimum atomic E-state index is 0.471. The highest BCUT2D eigenvalue weighted by Gasteiger charge is 2.27. The predicted octanol–water partition coefficient (Wildman–Crippen LogP) is 8.74. The van der Waals surface area contributed by atoms with Crippen LogP contribution >= 0.6 is 0 Å². The molecule has 0 saturated heterocycles. The summed E-state index contributed by atoms with van der Waals surface area (Å²) in [4.78, 5) is 4.66. The number of hydrogen-bond acceptors (Lipinski definition) is 6. The second kappa shape index (κ2) is 18.2. The molecule has 0 bridgehead atoms. The fraction of sp³-hybridized carbons (Fsp3) is 0.412. The van der Waals surface area contributed by atoms with Crippen LogP contribution in [0.3, 0.4) is 0 Å². The van der Waals surface area contributed by atoms with Crippen LogP contribution in [0, 0.1) is 25.7 Å². The van der Waals surface area contributed by atoms with E-state index in [9.17, 15) is 0 Å². The number of hydrazone groups is 1. The van der Waals surface area contributed by atoms with E-state index >= 15 is 0 Å². The standard InChI is InChI=1S/C30H38N6O.C2H6.C2H2/c1-5-24-12-11-22(2)29(19-24)37-27-15-13-25(14-16-27)28-20-32-21-36(30(28)26-9-7-6-8-10-26)33-18-17-23(3)34-35-31-4;2*1-2/h11-16,18-20,26H,3,5-10,17,21H2,1-2,4H3,(H,31,34);1-2H3;1-2H/b33-18-;;. The first kappa shape index (κ1) is 33.0. The van der Waals surface area contributed by atoms with Gasteiger partial charge in [-0.1, -0.05) is 76.1 Å². The number of terminal acetylenes is 1. The summed E-state index contributed by atoms with van der Waals surface area (Å²) in [5.74, 6) is 2.21. The average molecular weight is 555 g/mol. The molecule has 0 aromatic heterocycles. The van der Waals surface area contributed by atoms with Gasteiger partial charge in [0.15, 0.2) is 0 Å². The van der Waals surface area contributed by atoms with Crippen molar-refractivity contribution in [3.63, 3.8) is 0 Å². The van der Waals surface area contributed by atoms with Crippen molar-refractivity contribution in [1.82, 2.24) is 10.4 Å². The fourth-order valence-corrected chi connectivity index (χ4v) is 4.84. The molecule has 1 N–H and O–H groups in total. The molecule has 41 heavy (non-hydrogen) atoms. The van der Waals surface area contributed by atoms with E-state index in [1.165, 1.54) is 43.4 Å². The van der Waals surface area contributed by atoms with Crippen LogP contribution in [0.1, 0.15) is 76.0 Å². The van der Waals surface area contributed by atoms with E-state index in [0.29, 0.717) is 19.0 Å². The third-order valence-corrected chi connectivity index (χ3v) is 6.90. The van der Waals surface area contributed by atoms with Crippen molar-refractivity contribution in [2.24, 2.45) is 26.3 Å². The Morgan fingerprint density at radius 3 is 2.49 bits per heavy atom. The molecule has 2 aromatic carbocycles. The zero-order chi connectivity index (χ0) is 30.0. The number of aryl methyl sites for hydroxylation is 2. The molecule has 2 aromatic rings. The van der Waals surface area contributed by atoms with Gasteiger partial charge in [0.2, 0.25) is 0 Å². The van der Waals surface area contributed by atoms with Crippen molar-refractivity contribution < 1.29 is 4.74 Å². The summed E-state index contributed by atoms with van der Waals surface area (Å²) >= 11 is 0. The highest BCUT2D eigenvalue weighted by molar-refractivity contribution is 6.11. The number of rotatable bonds is 10. The van der Waals surface area contributed by atoms with Crippen molar-refractivity contribution in [3.05, 3.63) is 77.1 Å². The lowest BCUT2D eigenvalue weighted by atomic mass is 9.83. The summed E-state index contributed by atoms with van der Waals surface area (Å²) in [6, 6.07) is 14.8. The van der Waals surface area contributed by atoms with Gasteiger partial charge in [-0.05, 0) is 61.1 Å². The van der Waals surface area contributed by atoms with Gasteiger partial charge in [0.05, 0.1) is 12.7 Å². The molecule has 7 nitrogen and oxygen atoms in total. The fourth-order valence-electron chi connectivity index (χ4n) is 4.84. The summed E-state index contributed by atoms with van der Waals surface area (Å²) in [5, 5.41) is 14.3. The Labute approximate surface area is 247 Å². The molecule has 2 aliphatic rings. The molecule has 4 rings (SSSR count). The van der Waals surface area contributed by atoms with Gasteiger partial charge >= 0.3 is 0 Å². The summed E-state index contributed by atoms with van der Waals surface area (Å²) in [6.07, 6.45) is 19.6. The minimum absolute atomic E-state index is 0.471. The van der Waals surface area contributed by atoms with E-state index in [1.54, 1.807) is 7.05 Å². The van der Waals surface area contributed by atoms with Gasteiger partial charge in [-0.2, -0.15) is 10.2 Å². The smallest absolute Gasteiger partial charge is 0.131 e. The second-order valence-electron chi connectivity index (χ2n) is 9.58. The first-order valence-electron chi connectivity index (χ1n) is 14.6. The van der Waals surface area contributed by atoms with E-state index < -0.39 is 0 Å². The van der Waals surface area contributed by atoms with Crippen LogP contribution in [0.5, 0.6) is 11.5 Å². The topological polar surface area (TPSA) is 73.9 Å². The quantitative estimate of drug-likeness (QED) is 0.138. The summed E-state index contributed by atoms with van der Waals surface area (Å²) < 4.78 is 6.25. The maximum atomic E-state index is 6.25. The molecule has 0 unspecified atom stereocenters. The van der Waals surface area contributed by atoms with Gasteiger partial charge in [0.25, 0.3) is 0 Å². The van der Waals surface area contributed by atoms with Crippen LogP contribution < -0.4 is 10.2 Å². The van der Waals surface area contributed by atoms with Gasteiger partial charge in [0.1, 0.15) is 18.2 Å². The van der Waals surface area contributed by atoms with Crippen molar-refractivity contribution in [2.75, 3.05) is 13.7 Å². The largest absolute Gasteiger partial charge is 0.457 e. The predicted molar refractivity (Wildman–Crippen MR) is 173 cm³/mol. The van der Waals surface area contributed by atoms with Crippen LogP contribution in [-0.4, -0.2) is 31.2 Å². The van der Waals surface area contributed by atoms with E-state index in [4.69, 9.17) is 9.84 Å². The average Bonchev–Trinajstić information content (AvgIpc) is 3.03. The first-order valence-corrected chi connectivity index (χ1v) is 14.6. The molecule has 218 valence electrons. The second-order valence-corrected chi connectivity index (χ2v) is 9.58. The van der Waals surface area contributed by atoms with Gasteiger partial charge in [-0.3, -0.25) is 10.4 Å². The number of nitrogens with zero attached hydrogens (tertiary/aromatic N) is 5. The molecule has 1 aliphatic carbocycles. The van der Waals surface area contributed by atoms with Gasteiger partial charge < -0.3 is 4.74 Å². The lowest BCUT2D eigenvalue weighted by Crippen LogP contribution is -2.29. The van der Waals surface area contributed by atoms with Gasteiger partial charge in [0, 0.05) is 36.0 Å². The Morgan fingerprint density at radius 2 is 1.83 bits per heavy atom. The number of benzene rings is 2. The summed E-state index contributed by atoms with van der Waals surface area (Å²) in [7, 11) is 1.62. The third-order valence-electron chi connectivity index (χ3n) is 6.90. The molecule has 0 atom stereocenters. The molecule has 0 amide bonds. The Balaban J connectivity index is 0.00000141. The number of aliphatic imine (C=N–C) groups is 1. The van der Waals surface area contributed by atoms with Crippen LogP contribution in [0.2, 0.25) is 0 Å². The monoisotopic (exact) mass is 554 g/mol. The molecule has 1 heterocycles. The molecule has 1 aliphatic heterocycles. The summed E-state index contributed by atoms with van der Waals surface area (Å²) in [6.45, 7) is 12.7. The SMILES string of the molecule is C#C.C=C(C/C=N\N1CN=CC(c2ccc(Oc3cc(CC)ccc3C)cc2)=C1C1CCCCC1)NN=NC.CC. The van der Waals surface area contributed by atoms with E-state index in [0.717, 1.165) is 40.3 Å². The lowest BCUT2D eigenvalue weighted by Gasteiger charge is -2.34. The maximum Gasteiger partial charge on any atom is 0.131 e. The number of allylic oxidation sites excluding steroid dienone is 3. The molecular formula is C34H46N6O. The van der Waals surface area contributed by atoms with Crippen molar-refractivity contribution in [1.29, 1.82) is 0 Å². The lowest BCUT2D eigenvalue weighted by molar-refractivity contribution is 0.282. The Hall–Kier alpha value is -4.18. The highest BCUT2D eigenvalue weighted by atomic mass is 16.5. The van der Waals surface area contributed by atoms with Crippen LogP contribution in [0.25, 0.3) is 5.57 Å². The molecular weight excluding hydrogens is 508 g/mol. The number of nitrogens with one attached hydrogen (secondary N) is 1. The Bertz CT molecular complexity index is 1230. The molecule has 0 spiro atoms. The highest BCUT2D eigenvalue weighted by Crippen LogP contribution is 2.38. The zero-order valence-corrected chi connectivity index (χ0v) is 25.4. The third kappa shape index (κ3) is 9.75. The number of hydrogen-bond donors (Lipinski definition) is 1. The van der Waals surface area contributed by atoms with Gasteiger partial charge in [-0.25, -0.2) is 5.01 Å². The van der Waals surface area contributed by atoms with Crippen molar-refractivity contribution in [2.45, 2.75) is 72.6 Å². The first-order chi connectivity index (χ1) is 20.1. The molecule has 1 saturated carbocycles. The van der Waals surface area contributed by atoms with E-state index in [2.05, 4.69) is 89.4 Å². The van der Waals surface area contributed by atoms with Crippen LogP contribution in [0.15, 0.2) is 80.9 Å². The van der Waals surface area contributed by atoms with Gasteiger partial charge in [-0.15, -0.1) is 12.8 Å². The minimum Gasteiger partial charge on any atom is -0.457 e. The van der Waals surface area contributed by atoms with Crippen LogP contribution in [0.4, 0.5) is 0 Å². The number of ether oxygens (including phenoxy) is 1. The van der Waals surface area contributed by atoms with E-state index in [-0.39, 0.29) is 0 Å². The van der Waals surface area contributed by atoms with Crippen LogP contribution in [-0.2, 0) is 6.42 Å². The molecule has 1 fully saturated rings. The van der Waals surface area contributed by atoms with E-state index in [1.807, 2.05) is 38.4 Å². The Kier molecular flexibility index (Phi) is 14.7. The zero-order valence-electron chi connectivity index (χ0n) is 25.4. The normalized spacial score (nSPS) is 15.2. The molecule has 7 heteroatoms. The Morgan fingerprint density at radius 1 is 1.12 bits per heavy atom. The van der Waals surface area contributed by atoms with Crippen molar-refractivity contribution >= 4 is 18.0 Å². The summed E-state index contributed by atoms with van der Waals surface area (Å²) in [5.41, 5.74) is 9.49. The maximum absolute atomic E-state index is 6.25. The van der Waals surface area contributed by atoms with Crippen molar-refractivity contribution in [3.8, 4) is 24.3 Å².